The third-order valence-electron chi connectivity index (χ3n) is 3.30. The van der Waals surface area contributed by atoms with Gasteiger partial charge in [-0.05, 0) is 30.5 Å². The Labute approximate surface area is 101 Å². The van der Waals surface area contributed by atoms with Gasteiger partial charge in [0.05, 0.1) is 0 Å². The molecule has 0 aliphatic carbocycles. The lowest BCUT2D eigenvalue weighted by Crippen LogP contribution is -2.40. The van der Waals surface area contributed by atoms with Crippen LogP contribution in [0.1, 0.15) is 18.4 Å². The summed E-state index contributed by atoms with van der Waals surface area (Å²) in [6, 6.07) is 6.69. The van der Waals surface area contributed by atoms with Crippen LogP contribution in [0.5, 0.6) is 0 Å². The number of halogens is 2. The minimum absolute atomic E-state index is 0. The van der Waals surface area contributed by atoms with Crippen molar-refractivity contribution in [2.75, 3.05) is 19.8 Å². The minimum atomic E-state index is -0.196. The summed E-state index contributed by atoms with van der Waals surface area (Å²) in [6.07, 6.45) is 1.85. The van der Waals surface area contributed by atoms with E-state index in [0.29, 0.717) is 6.54 Å². The smallest absolute Gasteiger partial charge is 0.123 e. The Morgan fingerprint density at radius 2 is 1.75 bits per heavy atom. The predicted octanol–water partition coefficient (Wildman–Crippen LogP) is 2.25. The second kappa shape index (κ2) is 5.62. The number of ether oxygens (including phenoxy) is 1. The monoisotopic (exact) mass is 245 g/mol. The van der Waals surface area contributed by atoms with Gasteiger partial charge in [-0.1, -0.05) is 12.1 Å². The molecule has 90 valence electrons. The van der Waals surface area contributed by atoms with Crippen molar-refractivity contribution in [2.45, 2.75) is 18.3 Å². The molecule has 4 heteroatoms. The first-order valence-corrected chi connectivity index (χ1v) is 5.31. The van der Waals surface area contributed by atoms with Crippen molar-refractivity contribution in [1.29, 1.82) is 0 Å². The molecule has 0 amide bonds. The van der Waals surface area contributed by atoms with Gasteiger partial charge in [-0.3, -0.25) is 0 Å². The van der Waals surface area contributed by atoms with E-state index in [1.165, 1.54) is 12.1 Å². The quantitative estimate of drug-likeness (QED) is 0.868. The van der Waals surface area contributed by atoms with E-state index in [9.17, 15) is 4.39 Å². The molecule has 1 heterocycles. The van der Waals surface area contributed by atoms with Crippen molar-refractivity contribution < 1.29 is 9.13 Å². The molecule has 0 unspecified atom stereocenters. The Morgan fingerprint density at radius 3 is 2.25 bits per heavy atom. The second-order valence-corrected chi connectivity index (χ2v) is 4.10. The lowest BCUT2D eigenvalue weighted by atomic mass is 9.74. The molecule has 2 N–H and O–H groups in total. The number of nitrogens with two attached hydrogens (primary N) is 1. The van der Waals surface area contributed by atoms with Gasteiger partial charge < -0.3 is 10.5 Å². The summed E-state index contributed by atoms with van der Waals surface area (Å²) in [4.78, 5) is 0. The van der Waals surface area contributed by atoms with Crippen molar-refractivity contribution >= 4 is 12.4 Å². The molecule has 0 radical (unpaired) electrons. The Balaban J connectivity index is 0.00000128. The van der Waals surface area contributed by atoms with E-state index in [1.807, 2.05) is 12.1 Å². The lowest BCUT2D eigenvalue weighted by molar-refractivity contribution is 0.0529. The van der Waals surface area contributed by atoms with Crippen molar-refractivity contribution in [3.8, 4) is 0 Å². The third-order valence-corrected chi connectivity index (χ3v) is 3.30. The van der Waals surface area contributed by atoms with Gasteiger partial charge in [0.25, 0.3) is 0 Å². The summed E-state index contributed by atoms with van der Waals surface area (Å²) in [7, 11) is 0. The molecule has 0 saturated carbocycles. The van der Waals surface area contributed by atoms with Crippen LogP contribution in [0.2, 0.25) is 0 Å². The highest BCUT2D eigenvalue weighted by Gasteiger charge is 2.32. The highest BCUT2D eigenvalue weighted by Crippen LogP contribution is 2.33. The first kappa shape index (κ1) is 13.4. The molecule has 0 aromatic heterocycles. The first-order chi connectivity index (χ1) is 7.27. The first-order valence-electron chi connectivity index (χ1n) is 5.31. The fourth-order valence-corrected chi connectivity index (χ4v) is 2.18. The Morgan fingerprint density at radius 1 is 1.19 bits per heavy atom. The fraction of sp³-hybridized carbons (Fsp3) is 0.500. The summed E-state index contributed by atoms with van der Waals surface area (Å²) < 4.78 is 18.2. The molecule has 1 saturated heterocycles. The zero-order valence-electron chi connectivity index (χ0n) is 9.12. The molecular weight excluding hydrogens is 229 g/mol. The molecule has 0 atom stereocenters. The number of benzene rings is 1. The highest BCUT2D eigenvalue weighted by molar-refractivity contribution is 5.85. The van der Waals surface area contributed by atoms with Gasteiger partial charge in [0.15, 0.2) is 0 Å². The molecule has 2 nitrogen and oxygen atoms in total. The molecule has 1 fully saturated rings. The molecule has 0 bridgehead atoms. The molecule has 0 spiro atoms. The Bertz CT molecular complexity index is 322. The van der Waals surface area contributed by atoms with Gasteiger partial charge in [0.1, 0.15) is 5.82 Å². The van der Waals surface area contributed by atoms with Crippen LogP contribution in [0, 0.1) is 5.82 Å². The van der Waals surface area contributed by atoms with Crippen LogP contribution in [-0.2, 0) is 10.2 Å². The molecule has 1 aromatic rings. The van der Waals surface area contributed by atoms with Crippen molar-refractivity contribution in [3.05, 3.63) is 35.6 Å². The van der Waals surface area contributed by atoms with Gasteiger partial charge >= 0.3 is 0 Å². The zero-order chi connectivity index (χ0) is 10.7. The molecular formula is C12H17ClFNO. The van der Waals surface area contributed by atoms with Crippen LogP contribution in [-0.4, -0.2) is 19.8 Å². The van der Waals surface area contributed by atoms with E-state index in [2.05, 4.69) is 0 Å². The molecule has 1 aliphatic heterocycles. The van der Waals surface area contributed by atoms with E-state index in [1.54, 1.807) is 0 Å². The van der Waals surface area contributed by atoms with Crippen LogP contribution in [0.3, 0.4) is 0 Å². The maximum absolute atomic E-state index is 12.8. The Kier molecular flexibility index (Phi) is 4.71. The van der Waals surface area contributed by atoms with Crippen LogP contribution in [0.4, 0.5) is 4.39 Å². The average Bonchev–Trinajstić information content (AvgIpc) is 2.31. The molecule has 16 heavy (non-hydrogen) atoms. The molecule has 2 rings (SSSR count). The van der Waals surface area contributed by atoms with Gasteiger partial charge in [0, 0.05) is 25.2 Å². The van der Waals surface area contributed by atoms with E-state index >= 15 is 0 Å². The summed E-state index contributed by atoms with van der Waals surface area (Å²) in [5, 5.41) is 0. The third kappa shape index (κ3) is 2.54. The molecule has 1 aliphatic rings. The van der Waals surface area contributed by atoms with E-state index in [0.717, 1.165) is 31.6 Å². The van der Waals surface area contributed by atoms with Gasteiger partial charge in [-0.25, -0.2) is 4.39 Å². The topological polar surface area (TPSA) is 35.2 Å². The summed E-state index contributed by atoms with van der Waals surface area (Å²) in [5.74, 6) is -0.196. The second-order valence-electron chi connectivity index (χ2n) is 4.10. The maximum Gasteiger partial charge on any atom is 0.123 e. The largest absolute Gasteiger partial charge is 0.381 e. The summed E-state index contributed by atoms with van der Waals surface area (Å²) >= 11 is 0. The van der Waals surface area contributed by atoms with Crippen molar-refractivity contribution in [3.63, 3.8) is 0 Å². The Hall–Kier alpha value is -0.640. The number of rotatable bonds is 2. The van der Waals surface area contributed by atoms with E-state index in [-0.39, 0.29) is 23.6 Å². The summed E-state index contributed by atoms with van der Waals surface area (Å²) in [5.41, 5.74) is 6.99. The normalized spacial score (nSPS) is 18.9. The van der Waals surface area contributed by atoms with E-state index < -0.39 is 0 Å². The fourth-order valence-electron chi connectivity index (χ4n) is 2.18. The van der Waals surface area contributed by atoms with E-state index in [4.69, 9.17) is 10.5 Å². The van der Waals surface area contributed by atoms with Crippen molar-refractivity contribution in [2.24, 2.45) is 5.73 Å². The zero-order valence-corrected chi connectivity index (χ0v) is 9.93. The van der Waals surface area contributed by atoms with Crippen molar-refractivity contribution in [1.82, 2.24) is 0 Å². The number of hydrogen-bond acceptors (Lipinski definition) is 2. The van der Waals surface area contributed by atoms with Crippen LogP contribution in [0.25, 0.3) is 0 Å². The van der Waals surface area contributed by atoms with Crippen LogP contribution in [0.15, 0.2) is 24.3 Å². The standard InChI is InChI=1S/C12H16FNO.ClH/c13-11-3-1-10(2-4-11)12(9-14)5-7-15-8-6-12;/h1-4H,5-9,14H2;1H. The highest BCUT2D eigenvalue weighted by atomic mass is 35.5. The van der Waals surface area contributed by atoms with Gasteiger partial charge in [-0.2, -0.15) is 0 Å². The van der Waals surface area contributed by atoms with Crippen LogP contribution < -0.4 is 5.73 Å². The average molecular weight is 246 g/mol. The minimum Gasteiger partial charge on any atom is -0.381 e. The maximum atomic E-state index is 12.8. The summed E-state index contributed by atoms with van der Waals surface area (Å²) in [6.45, 7) is 2.09. The predicted molar refractivity (Wildman–Crippen MR) is 64.4 cm³/mol. The number of hydrogen-bond donors (Lipinski definition) is 1. The van der Waals surface area contributed by atoms with Gasteiger partial charge in [-0.15, -0.1) is 12.4 Å². The van der Waals surface area contributed by atoms with Crippen LogP contribution >= 0.6 is 12.4 Å². The SMILES string of the molecule is Cl.NCC1(c2ccc(F)cc2)CCOCC1. The molecule has 1 aromatic carbocycles. The lowest BCUT2D eigenvalue weighted by Gasteiger charge is -2.36. The van der Waals surface area contributed by atoms with Gasteiger partial charge in [0.2, 0.25) is 0 Å².